The van der Waals surface area contributed by atoms with Crippen LogP contribution in [-0.4, -0.2) is 9.97 Å². The molecule has 0 spiro atoms. The fraction of sp³-hybridized carbons (Fsp3) is 0.167. The van der Waals surface area contributed by atoms with Crippen molar-refractivity contribution in [3.8, 4) is 11.3 Å². The van der Waals surface area contributed by atoms with Gasteiger partial charge in [0.25, 0.3) is 0 Å². The van der Waals surface area contributed by atoms with Crippen LogP contribution in [0.25, 0.3) is 22.3 Å². The molecule has 0 aliphatic carbocycles. The highest BCUT2D eigenvalue weighted by atomic mass is 15.0. The number of hydrogen-bond acceptors (Lipinski definition) is 3. The second-order valence-corrected chi connectivity index (χ2v) is 7.73. The number of nitrogens with one attached hydrogen (secondary N) is 1. The van der Waals surface area contributed by atoms with Gasteiger partial charge in [0.1, 0.15) is 5.69 Å². The molecule has 0 fully saturated rings. The minimum absolute atomic E-state index is 0.135. The Morgan fingerprint density at radius 2 is 1.26 bits per heavy atom. The number of anilines is 2. The fourth-order valence-electron chi connectivity index (χ4n) is 3.07. The summed E-state index contributed by atoms with van der Waals surface area (Å²) in [6.45, 7) is 6.66. The van der Waals surface area contributed by atoms with Gasteiger partial charge in [-0.15, -0.1) is 0 Å². The first-order chi connectivity index (χ1) is 13.0. The van der Waals surface area contributed by atoms with Gasteiger partial charge in [0.15, 0.2) is 5.82 Å². The van der Waals surface area contributed by atoms with Gasteiger partial charge in [-0.2, -0.15) is 0 Å². The molecule has 3 aromatic carbocycles. The third-order valence-corrected chi connectivity index (χ3v) is 4.63. The molecule has 0 aliphatic heterocycles. The zero-order chi connectivity index (χ0) is 18.9. The van der Waals surface area contributed by atoms with E-state index in [1.165, 1.54) is 5.56 Å². The second kappa shape index (κ2) is 6.84. The van der Waals surface area contributed by atoms with E-state index in [1.807, 2.05) is 42.5 Å². The summed E-state index contributed by atoms with van der Waals surface area (Å²) in [6, 6.07) is 26.7. The first-order valence-electron chi connectivity index (χ1n) is 9.20. The van der Waals surface area contributed by atoms with E-state index >= 15 is 0 Å². The van der Waals surface area contributed by atoms with Crippen molar-refractivity contribution >= 4 is 22.5 Å². The summed E-state index contributed by atoms with van der Waals surface area (Å²) >= 11 is 0. The molecule has 0 unspecified atom stereocenters. The number of benzene rings is 3. The second-order valence-electron chi connectivity index (χ2n) is 7.73. The van der Waals surface area contributed by atoms with Gasteiger partial charge in [-0.05, 0) is 35.2 Å². The molecule has 0 bridgehead atoms. The van der Waals surface area contributed by atoms with Crippen LogP contribution in [0.1, 0.15) is 26.3 Å². The maximum Gasteiger partial charge on any atom is 0.157 e. The summed E-state index contributed by atoms with van der Waals surface area (Å²) in [7, 11) is 0. The van der Waals surface area contributed by atoms with E-state index in [0.29, 0.717) is 0 Å². The molecule has 4 rings (SSSR count). The lowest BCUT2D eigenvalue weighted by Gasteiger charge is -2.19. The van der Waals surface area contributed by atoms with Crippen molar-refractivity contribution in [2.45, 2.75) is 26.2 Å². The van der Waals surface area contributed by atoms with Crippen molar-refractivity contribution in [2.75, 3.05) is 5.32 Å². The Morgan fingerprint density at radius 3 is 1.89 bits per heavy atom. The Bertz CT molecular complexity index is 1060. The minimum Gasteiger partial charge on any atom is -0.338 e. The van der Waals surface area contributed by atoms with Crippen molar-refractivity contribution in [1.82, 2.24) is 9.97 Å². The number of aromatic nitrogens is 2. The maximum atomic E-state index is 4.87. The molecular formula is C24H23N3. The van der Waals surface area contributed by atoms with E-state index in [1.54, 1.807) is 0 Å². The lowest BCUT2D eigenvalue weighted by Crippen LogP contribution is -2.10. The Labute approximate surface area is 160 Å². The van der Waals surface area contributed by atoms with Crippen molar-refractivity contribution in [2.24, 2.45) is 0 Å². The molecule has 1 heterocycles. The van der Waals surface area contributed by atoms with Crippen molar-refractivity contribution < 1.29 is 0 Å². The van der Waals surface area contributed by atoms with Crippen molar-refractivity contribution in [3.63, 3.8) is 0 Å². The maximum absolute atomic E-state index is 4.87. The molecule has 3 heteroatoms. The highest BCUT2D eigenvalue weighted by Crippen LogP contribution is 2.30. The molecule has 1 aromatic heterocycles. The first-order valence-corrected chi connectivity index (χ1v) is 9.20. The predicted octanol–water partition coefficient (Wildman–Crippen LogP) is 6.34. The van der Waals surface area contributed by atoms with Gasteiger partial charge in [-0.3, -0.25) is 0 Å². The molecule has 0 radical (unpaired) electrons. The van der Waals surface area contributed by atoms with Crippen LogP contribution in [-0.2, 0) is 5.41 Å². The summed E-state index contributed by atoms with van der Waals surface area (Å²) in [4.78, 5) is 9.72. The van der Waals surface area contributed by atoms with Gasteiger partial charge in [0, 0.05) is 11.3 Å². The quantitative estimate of drug-likeness (QED) is 0.467. The average molecular weight is 353 g/mol. The third-order valence-electron chi connectivity index (χ3n) is 4.63. The van der Waals surface area contributed by atoms with Crippen LogP contribution in [0.2, 0.25) is 0 Å². The average Bonchev–Trinajstić information content (AvgIpc) is 2.68. The van der Waals surface area contributed by atoms with Gasteiger partial charge in [0.05, 0.1) is 11.0 Å². The molecular weight excluding hydrogens is 330 g/mol. The largest absolute Gasteiger partial charge is 0.338 e. The van der Waals surface area contributed by atoms with E-state index < -0.39 is 0 Å². The van der Waals surface area contributed by atoms with Gasteiger partial charge >= 0.3 is 0 Å². The van der Waals surface area contributed by atoms with Crippen LogP contribution in [0.3, 0.4) is 0 Å². The van der Waals surface area contributed by atoms with Crippen LogP contribution in [0, 0.1) is 0 Å². The standard InChI is InChI=1S/C24H23N3/c1-24(2,3)18-13-15-19(16-14-18)25-23-22(17-9-5-4-6-10-17)26-20-11-7-8-12-21(20)27-23/h4-16H,1-3H3,(H,25,27). The summed E-state index contributed by atoms with van der Waals surface area (Å²) in [5.74, 6) is 0.767. The summed E-state index contributed by atoms with van der Waals surface area (Å²) in [6.07, 6.45) is 0. The number of rotatable bonds is 3. The molecule has 0 aliphatic rings. The van der Waals surface area contributed by atoms with Crippen LogP contribution in [0.15, 0.2) is 78.9 Å². The Hall–Kier alpha value is -3.20. The highest BCUT2D eigenvalue weighted by molar-refractivity contribution is 5.84. The Kier molecular flexibility index (Phi) is 4.36. The molecule has 134 valence electrons. The molecule has 27 heavy (non-hydrogen) atoms. The Morgan fingerprint density at radius 1 is 0.667 bits per heavy atom. The van der Waals surface area contributed by atoms with Gasteiger partial charge in [0.2, 0.25) is 0 Å². The molecule has 1 N–H and O–H groups in total. The molecule has 0 atom stereocenters. The van der Waals surface area contributed by atoms with Crippen LogP contribution in [0.5, 0.6) is 0 Å². The number of fused-ring (bicyclic) bond motifs is 1. The predicted molar refractivity (Wildman–Crippen MR) is 113 cm³/mol. The van der Waals surface area contributed by atoms with E-state index in [9.17, 15) is 0 Å². The third kappa shape index (κ3) is 3.68. The normalized spacial score (nSPS) is 11.5. The molecule has 4 aromatic rings. The zero-order valence-corrected chi connectivity index (χ0v) is 15.9. The van der Waals surface area contributed by atoms with E-state index in [0.717, 1.165) is 33.8 Å². The minimum atomic E-state index is 0.135. The number of para-hydroxylation sites is 2. The van der Waals surface area contributed by atoms with E-state index in [-0.39, 0.29) is 5.41 Å². The van der Waals surface area contributed by atoms with Gasteiger partial charge in [-0.25, -0.2) is 9.97 Å². The van der Waals surface area contributed by atoms with Crippen molar-refractivity contribution in [1.29, 1.82) is 0 Å². The molecule has 0 saturated heterocycles. The van der Waals surface area contributed by atoms with Crippen LogP contribution < -0.4 is 5.32 Å². The Balaban J connectivity index is 1.78. The van der Waals surface area contributed by atoms with Crippen LogP contribution >= 0.6 is 0 Å². The monoisotopic (exact) mass is 353 g/mol. The lowest BCUT2D eigenvalue weighted by molar-refractivity contribution is 0.590. The lowest BCUT2D eigenvalue weighted by atomic mass is 9.87. The van der Waals surface area contributed by atoms with Crippen LogP contribution in [0.4, 0.5) is 11.5 Å². The molecule has 0 saturated carbocycles. The first kappa shape index (κ1) is 17.2. The van der Waals surface area contributed by atoms with Gasteiger partial charge < -0.3 is 5.32 Å². The molecule has 3 nitrogen and oxygen atoms in total. The van der Waals surface area contributed by atoms with E-state index in [2.05, 4.69) is 62.5 Å². The summed E-state index contributed by atoms with van der Waals surface area (Å²) < 4.78 is 0. The van der Waals surface area contributed by atoms with E-state index in [4.69, 9.17) is 9.97 Å². The summed E-state index contributed by atoms with van der Waals surface area (Å²) in [5, 5.41) is 3.47. The summed E-state index contributed by atoms with van der Waals surface area (Å²) in [5.41, 5.74) is 6.12. The van der Waals surface area contributed by atoms with Crippen molar-refractivity contribution in [3.05, 3.63) is 84.4 Å². The zero-order valence-electron chi connectivity index (χ0n) is 15.9. The fourth-order valence-corrected chi connectivity index (χ4v) is 3.07. The number of nitrogens with zero attached hydrogens (tertiary/aromatic N) is 2. The topological polar surface area (TPSA) is 37.8 Å². The van der Waals surface area contributed by atoms with Gasteiger partial charge in [-0.1, -0.05) is 75.4 Å². The molecule has 0 amide bonds. The number of hydrogen-bond donors (Lipinski definition) is 1. The highest BCUT2D eigenvalue weighted by Gasteiger charge is 2.14. The smallest absolute Gasteiger partial charge is 0.157 e. The SMILES string of the molecule is CC(C)(C)c1ccc(Nc2nc3ccccc3nc2-c2ccccc2)cc1.